The number of nitrogens with zero attached hydrogens (tertiary/aromatic N) is 2. The Morgan fingerprint density at radius 3 is 2.26 bits per heavy atom. The molecule has 1 aromatic carbocycles. The summed E-state index contributed by atoms with van der Waals surface area (Å²) in [5, 5.41) is 23.6. The van der Waals surface area contributed by atoms with Crippen LogP contribution in [-0.4, -0.2) is 28.5 Å². The second kappa shape index (κ2) is 6.97. The number of nitrogens with one attached hydrogen (secondary N) is 1. The molecule has 0 aliphatic heterocycles. The summed E-state index contributed by atoms with van der Waals surface area (Å²) in [6, 6.07) is 10.3. The second-order valence-corrected chi connectivity index (χ2v) is 8.63. The predicted octanol–water partition coefficient (Wildman–Crippen LogP) is 4.05. The third-order valence-electron chi connectivity index (χ3n) is 4.08. The Labute approximate surface area is 143 Å². The largest absolute Gasteiger partial charge is 0.396 e. The number of aliphatic hydroxyl groups excluding tert-OH is 1. The fourth-order valence-electron chi connectivity index (χ4n) is 2.43. The van der Waals surface area contributed by atoms with Crippen LogP contribution in [0.25, 0.3) is 0 Å². The van der Waals surface area contributed by atoms with E-state index in [0.717, 1.165) is 16.7 Å². The Hall–Kier alpha value is -1.46. The van der Waals surface area contributed by atoms with Gasteiger partial charge in [0.15, 0.2) is 0 Å². The molecule has 23 heavy (non-hydrogen) atoms. The van der Waals surface area contributed by atoms with Crippen LogP contribution in [0.15, 0.2) is 30.3 Å². The van der Waals surface area contributed by atoms with E-state index in [0.29, 0.717) is 0 Å². The molecule has 1 heterocycles. The molecule has 1 atom stereocenters. The quantitative estimate of drug-likeness (QED) is 0.837. The van der Waals surface area contributed by atoms with E-state index >= 15 is 0 Å². The molecule has 2 N–H and O–H groups in total. The number of benzene rings is 1. The number of aromatic nitrogens is 2. The van der Waals surface area contributed by atoms with E-state index < -0.39 is 0 Å². The van der Waals surface area contributed by atoms with Crippen LogP contribution in [0.5, 0.6) is 0 Å². The minimum atomic E-state index is -0.216. The van der Waals surface area contributed by atoms with Gasteiger partial charge in [0, 0.05) is 24.5 Å². The molecule has 0 spiro atoms. The van der Waals surface area contributed by atoms with Crippen molar-refractivity contribution >= 4 is 16.5 Å². The van der Waals surface area contributed by atoms with E-state index in [1.165, 1.54) is 5.56 Å². The summed E-state index contributed by atoms with van der Waals surface area (Å²) < 4.78 is 0. The van der Waals surface area contributed by atoms with Crippen molar-refractivity contribution in [2.75, 3.05) is 18.5 Å². The normalized spacial score (nSPS) is 13.8. The van der Waals surface area contributed by atoms with Crippen LogP contribution in [0.1, 0.15) is 51.1 Å². The Balaban J connectivity index is 2.15. The number of anilines is 1. The first kappa shape index (κ1) is 17.9. The van der Waals surface area contributed by atoms with Crippen LogP contribution in [0.4, 0.5) is 5.13 Å². The van der Waals surface area contributed by atoms with E-state index in [1.54, 1.807) is 11.3 Å². The molecule has 0 amide bonds. The Bertz CT molecular complexity index is 617. The van der Waals surface area contributed by atoms with Gasteiger partial charge in [0.25, 0.3) is 0 Å². The molecule has 0 saturated carbocycles. The van der Waals surface area contributed by atoms with Gasteiger partial charge in [-0.3, -0.25) is 0 Å². The summed E-state index contributed by atoms with van der Waals surface area (Å²) in [7, 11) is 0. The van der Waals surface area contributed by atoms with Gasteiger partial charge in [-0.1, -0.05) is 76.3 Å². The van der Waals surface area contributed by atoms with E-state index in [1.807, 2.05) is 18.2 Å². The molecule has 5 heteroatoms. The summed E-state index contributed by atoms with van der Waals surface area (Å²) in [4.78, 5) is 0. The van der Waals surface area contributed by atoms with Gasteiger partial charge in [0.05, 0.1) is 0 Å². The van der Waals surface area contributed by atoms with Crippen molar-refractivity contribution in [1.82, 2.24) is 10.2 Å². The Kier molecular flexibility index (Phi) is 5.42. The zero-order chi connectivity index (χ0) is 17.1. The maximum atomic E-state index is 9.78. The van der Waals surface area contributed by atoms with Crippen molar-refractivity contribution in [1.29, 1.82) is 0 Å². The van der Waals surface area contributed by atoms with Gasteiger partial charge >= 0.3 is 0 Å². The molecule has 1 aromatic heterocycles. The Morgan fingerprint density at radius 2 is 1.74 bits per heavy atom. The molecule has 0 saturated heterocycles. The highest BCUT2D eigenvalue weighted by atomic mass is 32.1. The van der Waals surface area contributed by atoms with Crippen molar-refractivity contribution in [2.24, 2.45) is 5.41 Å². The maximum absolute atomic E-state index is 9.78. The highest BCUT2D eigenvalue weighted by Gasteiger charge is 2.30. The lowest BCUT2D eigenvalue weighted by Crippen LogP contribution is -2.31. The molecule has 0 bridgehead atoms. The highest BCUT2D eigenvalue weighted by molar-refractivity contribution is 7.15. The van der Waals surface area contributed by atoms with Crippen molar-refractivity contribution in [3.05, 3.63) is 40.9 Å². The fraction of sp³-hybridized carbons (Fsp3) is 0.556. The van der Waals surface area contributed by atoms with Crippen molar-refractivity contribution in [3.8, 4) is 0 Å². The molecule has 4 nitrogen and oxygen atoms in total. The first-order chi connectivity index (χ1) is 10.7. The fourth-order valence-corrected chi connectivity index (χ4v) is 3.24. The van der Waals surface area contributed by atoms with Crippen LogP contribution in [0.2, 0.25) is 0 Å². The second-order valence-electron chi connectivity index (χ2n) is 7.65. The predicted molar refractivity (Wildman–Crippen MR) is 97.1 cm³/mol. The average Bonchev–Trinajstić information content (AvgIpc) is 2.97. The standard InChI is InChI=1S/C18H27N3OS/c1-17(2,3)15-20-21-16(23-15)19-11-14(18(4,5)12-22)13-9-7-6-8-10-13/h6-10,14,22H,11-12H2,1-5H3,(H,19,21). The Morgan fingerprint density at radius 1 is 1.09 bits per heavy atom. The lowest BCUT2D eigenvalue weighted by atomic mass is 9.75. The van der Waals surface area contributed by atoms with E-state index in [4.69, 9.17) is 0 Å². The molecule has 1 unspecified atom stereocenters. The van der Waals surface area contributed by atoms with Crippen LogP contribution >= 0.6 is 11.3 Å². The summed E-state index contributed by atoms with van der Waals surface area (Å²) in [5.74, 6) is 0.190. The monoisotopic (exact) mass is 333 g/mol. The molecular formula is C18H27N3OS. The van der Waals surface area contributed by atoms with Crippen molar-refractivity contribution in [2.45, 2.75) is 46.0 Å². The molecule has 0 fully saturated rings. The van der Waals surface area contributed by atoms with Gasteiger partial charge < -0.3 is 10.4 Å². The zero-order valence-electron chi connectivity index (χ0n) is 14.6. The summed E-state index contributed by atoms with van der Waals surface area (Å²) in [5.41, 5.74) is 1.02. The molecule has 126 valence electrons. The minimum absolute atomic E-state index is 0.0147. The molecule has 0 aliphatic carbocycles. The van der Waals surface area contributed by atoms with Crippen LogP contribution in [-0.2, 0) is 5.41 Å². The lowest BCUT2D eigenvalue weighted by Gasteiger charge is -2.33. The third kappa shape index (κ3) is 4.52. The number of rotatable bonds is 6. The molecule has 2 aromatic rings. The SMILES string of the molecule is CC(C)(C)c1nnc(NCC(c2ccccc2)C(C)(C)CO)s1. The van der Waals surface area contributed by atoms with Crippen LogP contribution in [0, 0.1) is 5.41 Å². The summed E-state index contributed by atoms with van der Waals surface area (Å²) in [6.45, 7) is 11.4. The molecule has 2 rings (SSSR count). The van der Waals surface area contributed by atoms with Gasteiger partial charge in [-0.2, -0.15) is 0 Å². The van der Waals surface area contributed by atoms with Gasteiger partial charge in [0.1, 0.15) is 5.01 Å². The molecular weight excluding hydrogens is 306 g/mol. The van der Waals surface area contributed by atoms with E-state index in [-0.39, 0.29) is 23.4 Å². The van der Waals surface area contributed by atoms with Gasteiger partial charge in [-0.15, -0.1) is 10.2 Å². The van der Waals surface area contributed by atoms with E-state index in [9.17, 15) is 5.11 Å². The average molecular weight is 334 g/mol. The summed E-state index contributed by atoms with van der Waals surface area (Å²) in [6.07, 6.45) is 0. The minimum Gasteiger partial charge on any atom is -0.396 e. The summed E-state index contributed by atoms with van der Waals surface area (Å²) >= 11 is 1.60. The van der Waals surface area contributed by atoms with Crippen LogP contribution in [0.3, 0.4) is 0 Å². The number of hydrogen-bond donors (Lipinski definition) is 2. The van der Waals surface area contributed by atoms with Gasteiger partial charge in [-0.25, -0.2) is 0 Å². The zero-order valence-corrected chi connectivity index (χ0v) is 15.4. The smallest absolute Gasteiger partial charge is 0.205 e. The highest BCUT2D eigenvalue weighted by Crippen LogP contribution is 2.36. The maximum Gasteiger partial charge on any atom is 0.205 e. The topological polar surface area (TPSA) is 58.0 Å². The first-order valence-corrected chi connectivity index (χ1v) is 8.79. The number of aliphatic hydroxyl groups is 1. The van der Waals surface area contributed by atoms with Crippen molar-refractivity contribution in [3.63, 3.8) is 0 Å². The van der Waals surface area contributed by atoms with Gasteiger partial charge in [-0.05, 0) is 11.0 Å². The molecule has 0 aliphatic rings. The molecule has 0 radical (unpaired) electrons. The van der Waals surface area contributed by atoms with E-state index in [2.05, 4.69) is 62.3 Å². The van der Waals surface area contributed by atoms with Gasteiger partial charge in [0.2, 0.25) is 5.13 Å². The lowest BCUT2D eigenvalue weighted by molar-refractivity contribution is 0.134. The third-order valence-corrected chi connectivity index (χ3v) is 5.38. The first-order valence-electron chi connectivity index (χ1n) is 7.98. The van der Waals surface area contributed by atoms with Crippen LogP contribution < -0.4 is 5.32 Å². The number of hydrogen-bond acceptors (Lipinski definition) is 5. The van der Waals surface area contributed by atoms with Crippen molar-refractivity contribution < 1.29 is 5.11 Å².